The number of aliphatic carboxylic acids is 1. The van der Waals surface area contributed by atoms with E-state index in [1.165, 1.54) is 0 Å². The van der Waals surface area contributed by atoms with Gasteiger partial charge in [0.2, 0.25) is 0 Å². The van der Waals surface area contributed by atoms with Crippen LogP contribution in [-0.4, -0.2) is 22.1 Å². The molecule has 2 rings (SSSR count). The van der Waals surface area contributed by atoms with Gasteiger partial charge in [-0.1, -0.05) is 32.0 Å². The van der Waals surface area contributed by atoms with Gasteiger partial charge in [0.25, 0.3) is 0 Å². The monoisotopic (exact) mass is 232 g/mol. The first-order chi connectivity index (χ1) is 7.93. The van der Waals surface area contributed by atoms with Crippen molar-refractivity contribution in [2.45, 2.75) is 25.3 Å². The zero-order valence-corrected chi connectivity index (χ0v) is 9.90. The van der Waals surface area contributed by atoms with Crippen molar-refractivity contribution in [3.8, 4) is 0 Å². The zero-order chi connectivity index (χ0) is 12.6. The maximum atomic E-state index is 11.0. The average molecular weight is 232 g/mol. The molecule has 0 bridgehead atoms. The van der Waals surface area contributed by atoms with E-state index in [1.807, 2.05) is 44.2 Å². The van der Waals surface area contributed by atoms with Crippen molar-refractivity contribution >= 4 is 16.9 Å². The Bertz CT molecular complexity index is 524. The second kappa shape index (κ2) is 3.89. The molecule has 1 aromatic carbocycles. The Kier molecular flexibility index (Phi) is 2.67. The molecule has 0 aliphatic carbocycles. The third kappa shape index (κ3) is 1.91. The minimum Gasteiger partial charge on any atom is -0.480 e. The first kappa shape index (κ1) is 11.7. The van der Waals surface area contributed by atoms with Gasteiger partial charge in [0.15, 0.2) is 0 Å². The van der Waals surface area contributed by atoms with Crippen LogP contribution < -0.4 is 5.73 Å². The molecule has 90 valence electrons. The molecule has 1 aromatic heterocycles. The van der Waals surface area contributed by atoms with Gasteiger partial charge in [-0.25, -0.2) is 0 Å². The second-order valence-electron chi connectivity index (χ2n) is 4.81. The lowest BCUT2D eigenvalue weighted by Gasteiger charge is -2.27. The maximum absolute atomic E-state index is 11.0. The number of carboxylic acids is 1. The lowest BCUT2D eigenvalue weighted by atomic mass is 9.81. The first-order valence-electron chi connectivity index (χ1n) is 5.49. The summed E-state index contributed by atoms with van der Waals surface area (Å²) in [6.07, 6.45) is 0. The molecule has 4 nitrogen and oxygen atoms in total. The first-order valence-corrected chi connectivity index (χ1v) is 5.49. The number of aromatic amines is 1. The SMILES string of the molecule is CC(C)(c1cc2ccccc2[nH]1)C(N)C(=O)O. The summed E-state index contributed by atoms with van der Waals surface area (Å²) >= 11 is 0. The number of para-hydroxylation sites is 1. The van der Waals surface area contributed by atoms with E-state index in [1.54, 1.807) is 0 Å². The highest BCUT2D eigenvalue weighted by Crippen LogP contribution is 2.28. The third-order valence-corrected chi connectivity index (χ3v) is 3.27. The van der Waals surface area contributed by atoms with E-state index >= 15 is 0 Å². The molecule has 0 saturated carbocycles. The zero-order valence-electron chi connectivity index (χ0n) is 9.90. The number of rotatable bonds is 3. The molecular formula is C13H16N2O2. The maximum Gasteiger partial charge on any atom is 0.321 e. The van der Waals surface area contributed by atoms with Gasteiger partial charge in [-0.05, 0) is 17.5 Å². The molecule has 0 spiro atoms. The normalized spacial score (nSPS) is 13.8. The van der Waals surface area contributed by atoms with Crippen LogP contribution >= 0.6 is 0 Å². The van der Waals surface area contributed by atoms with Crippen molar-refractivity contribution in [1.82, 2.24) is 4.98 Å². The van der Waals surface area contributed by atoms with Crippen LogP contribution in [-0.2, 0) is 10.2 Å². The minimum atomic E-state index is -0.992. The van der Waals surface area contributed by atoms with Crippen LogP contribution in [0.4, 0.5) is 0 Å². The van der Waals surface area contributed by atoms with E-state index < -0.39 is 17.4 Å². The molecular weight excluding hydrogens is 216 g/mol. The van der Waals surface area contributed by atoms with E-state index in [0.717, 1.165) is 16.6 Å². The van der Waals surface area contributed by atoms with E-state index in [4.69, 9.17) is 10.8 Å². The van der Waals surface area contributed by atoms with Crippen LogP contribution in [0.15, 0.2) is 30.3 Å². The summed E-state index contributed by atoms with van der Waals surface area (Å²) in [4.78, 5) is 14.2. The summed E-state index contributed by atoms with van der Waals surface area (Å²) in [7, 11) is 0. The van der Waals surface area contributed by atoms with E-state index in [-0.39, 0.29) is 0 Å². The Morgan fingerprint density at radius 1 is 1.41 bits per heavy atom. The average Bonchev–Trinajstić information content (AvgIpc) is 2.71. The van der Waals surface area contributed by atoms with Crippen LogP contribution in [0.2, 0.25) is 0 Å². The summed E-state index contributed by atoms with van der Waals surface area (Å²) in [6, 6.07) is 8.85. The number of carboxylic acid groups (broad SMARTS) is 1. The number of carbonyl (C=O) groups is 1. The fourth-order valence-electron chi connectivity index (χ4n) is 1.90. The molecule has 0 aliphatic rings. The highest BCUT2D eigenvalue weighted by molar-refractivity contribution is 5.82. The number of aromatic nitrogens is 1. The predicted octanol–water partition coefficient (Wildman–Crippen LogP) is 1.86. The Morgan fingerprint density at radius 2 is 2.06 bits per heavy atom. The molecule has 4 N–H and O–H groups in total. The van der Waals surface area contributed by atoms with Crippen molar-refractivity contribution < 1.29 is 9.90 Å². The van der Waals surface area contributed by atoms with Gasteiger partial charge in [-0.3, -0.25) is 4.79 Å². The summed E-state index contributed by atoms with van der Waals surface area (Å²) < 4.78 is 0. The lowest BCUT2D eigenvalue weighted by molar-refractivity contribution is -0.140. The Hall–Kier alpha value is -1.81. The molecule has 0 aliphatic heterocycles. The number of nitrogens with one attached hydrogen (secondary N) is 1. The van der Waals surface area contributed by atoms with E-state index in [0.29, 0.717) is 0 Å². The van der Waals surface area contributed by atoms with Crippen molar-refractivity contribution in [2.24, 2.45) is 5.73 Å². The van der Waals surface area contributed by atoms with Crippen molar-refractivity contribution in [3.63, 3.8) is 0 Å². The number of nitrogens with two attached hydrogens (primary N) is 1. The van der Waals surface area contributed by atoms with Crippen LogP contribution in [0.1, 0.15) is 19.5 Å². The standard InChI is InChI=1S/C13H16N2O2/c1-13(2,11(14)12(16)17)10-7-8-5-3-4-6-9(8)15-10/h3-7,11,15H,14H2,1-2H3,(H,16,17). The van der Waals surface area contributed by atoms with Gasteiger partial charge in [-0.15, -0.1) is 0 Å². The lowest BCUT2D eigenvalue weighted by Crippen LogP contribution is -2.47. The van der Waals surface area contributed by atoms with Crippen molar-refractivity contribution in [1.29, 1.82) is 0 Å². The third-order valence-electron chi connectivity index (χ3n) is 3.27. The van der Waals surface area contributed by atoms with Gasteiger partial charge in [0, 0.05) is 16.6 Å². The fourth-order valence-corrected chi connectivity index (χ4v) is 1.90. The molecule has 0 radical (unpaired) electrons. The summed E-state index contributed by atoms with van der Waals surface area (Å²) in [6.45, 7) is 3.66. The molecule has 2 aromatic rings. The summed E-state index contributed by atoms with van der Waals surface area (Å²) in [5.41, 5.74) is 6.93. The topological polar surface area (TPSA) is 79.1 Å². The number of benzene rings is 1. The van der Waals surface area contributed by atoms with Crippen molar-refractivity contribution in [2.75, 3.05) is 0 Å². The van der Waals surface area contributed by atoms with E-state index in [2.05, 4.69) is 4.98 Å². The molecule has 17 heavy (non-hydrogen) atoms. The molecule has 1 heterocycles. The number of H-pyrrole nitrogens is 1. The number of hydrogen-bond acceptors (Lipinski definition) is 2. The molecule has 1 unspecified atom stereocenters. The minimum absolute atomic E-state index is 0.634. The number of hydrogen-bond donors (Lipinski definition) is 3. The van der Waals surface area contributed by atoms with Crippen LogP contribution in [0, 0.1) is 0 Å². The largest absolute Gasteiger partial charge is 0.480 e. The van der Waals surface area contributed by atoms with E-state index in [9.17, 15) is 4.79 Å². The molecule has 4 heteroatoms. The molecule has 0 amide bonds. The Labute approximate surface area is 99.4 Å². The van der Waals surface area contributed by atoms with Gasteiger partial charge in [0.1, 0.15) is 6.04 Å². The second-order valence-corrected chi connectivity index (χ2v) is 4.81. The quantitative estimate of drug-likeness (QED) is 0.755. The van der Waals surface area contributed by atoms with Gasteiger partial charge in [0.05, 0.1) is 0 Å². The highest BCUT2D eigenvalue weighted by Gasteiger charge is 2.34. The highest BCUT2D eigenvalue weighted by atomic mass is 16.4. The number of fused-ring (bicyclic) bond motifs is 1. The summed E-state index contributed by atoms with van der Waals surface area (Å²) in [5.74, 6) is -0.992. The predicted molar refractivity (Wildman–Crippen MR) is 66.9 cm³/mol. The van der Waals surface area contributed by atoms with Crippen molar-refractivity contribution in [3.05, 3.63) is 36.0 Å². The fraction of sp³-hybridized carbons (Fsp3) is 0.308. The Balaban J connectivity index is 2.48. The van der Waals surface area contributed by atoms with Crippen LogP contribution in [0.5, 0.6) is 0 Å². The molecule has 0 saturated heterocycles. The van der Waals surface area contributed by atoms with Crippen LogP contribution in [0.25, 0.3) is 10.9 Å². The van der Waals surface area contributed by atoms with Gasteiger partial charge >= 0.3 is 5.97 Å². The Morgan fingerprint density at radius 3 is 2.65 bits per heavy atom. The van der Waals surface area contributed by atoms with Gasteiger partial charge < -0.3 is 15.8 Å². The van der Waals surface area contributed by atoms with Gasteiger partial charge in [-0.2, -0.15) is 0 Å². The molecule has 1 atom stereocenters. The molecule has 0 fully saturated rings. The smallest absolute Gasteiger partial charge is 0.321 e. The summed E-state index contributed by atoms with van der Waals surface area (Å²) in [5, 5.41) is 10.1. The van der Waals surface area contributed by atoms with Crippen LogP contribution in [0.3, 0.4) is 0 Å².